The quantitative estimate of drug-likeness (QED) is 0.791. The lowest BCUT2D eigenvalue weighted by atomic mass is 9.94. The van der Waals surface area contributed by atoms with Gasteiger partial charge < -0.3 is 4.90 Å². The minimum Gasteiger partial charge on any atom is -0.303 e. The van der Waals surface area contributed by atoms with E-state index in [1.54, 1.807) is 0 Å². The number of sulfonamides is 1. The summed E-state index contributed by atoms with van der Waals surface area (Å²) in [7, 11) is -1.60. The zero-order chi connectivity index (χ0) is 12.2. The van der Waals surface area contributed by atoms with Gasteiger partial charge in [0.2, 0.25) is 10.0 Å². The molecule has 0 saturated carbocycles. The van der Waals surface area contributed by atoms with Gasteiger partial charge in [0.05, 0.1) is 5.25 Å². The third-order valence-electron chi connectivity index (χ3n) is 3.61. The van der Waals surface area contributed by atoms with Crippen molar-refractivity contribution in [3.63, 3.8) is 0 Å². The molecule has 5 heteroatoms. The zero-order valence-electron chi connectivity index (χ0n) is 10.6. The van der Waals surface area contributed by atoms with E-state index >= 15 is 0 Å². The molecule has 0 aromatic rings. The number of hydrogen-bond donors (Lipinski definition) is 1. The molecule has 1 saturated heterocycles. The van der Waals surface area contributed by atoms with Crippen LogP contribution in [0, 0.1) is 5.92 Å². The first-order chi connectivity index (χ1) is 7.51. The number of piperidine rings is 1. The number of rotatable bonds is 5. The minimum absolute atomic E-state index is 0.263. The van der Waals surface area contributed by atoms with E-state index in [4.69, 9.17) is 0 Å². The highest BCUT2D eigenvalue weighted by Gasteiger charge is 2.30. The van der Waals surface area contributed by atoms with E-state index in [9.17, 15) is 8.42 Å². The molecule has 1 heterocycles. The molecule has 1 rings (SSSR count). The third kappa shape index (κ3) is 3.43. The summed E-state index contributed by atoms with van der Waals surface area (Å²) < 4.78 is 25.8. The lowest BCUT2D eigenvalue weighted by Gasteiger charge is -2.34. The molecule has 0 radical (unpaired) electrons. The Kier molecular flexibility index (Phi) is 5.21. The Hall–Kier alpha value is -0.130. The molecule has 1 aliphatic rings. The molecule has 0 bridgehead atoms. The molecule has 16 heavy (non-hydrogen) atoms. The Morgan fingerprint density at radius 2 is 1.94 bits per heavy atom. The summed E-state index contributed by atoms with van der Waals surface area (Å²) in [5.74, 6) is 0.311. The first kappa shape index (κ1) is 13.9. The number of nitrogens with one attached hydrogen (secondary N) is 1. The maximum absolute atomic E-state index is 11.7. The summed E-state index contributed by atoms with van der Waals surface area (Å²) >= 11 is 0. The predicted octanol–water partition coefficient (Wildman–Crippen LogP) is 1.05. The normalized spacial score (nSPS) is 22.2. The summed E-state index contributed by atoms with van der Waals surface area (Å²) in [6.07, 6.45) is 3.18. The van der Waals surface area contributed by atoms with Crippen LogP contribution >= 0.6 is 0 Å². The SMILES string of the molecule is CCCN1CCC(C(C)S(=O)(=O)NC)CC1. The van der Waals surface area contributed by atoms with Crippen LogP contribution in [0.3, 0.4) is 0 Å². The second-order valence-corrected chi connectivity index (χ2v) is 6.88. The van der Waals surface area contributed by atoms with Crippen molar-refractivity contribution in [2.24, 2.45) is 5.92 Å². The van der Waals surface area contributed by atoms with E-state index < -0.39 is 10.0 Å². The lowest BCUT2D eigenvalue weighted by molar-refractivity contribution is 0.183. The zero-order valence-corrected chi connectivity index (χ0v) is 11.4. The summed E-state index contributed by atoms with van der Waals surface area (Å²) in [6.45, 7) is 7.23. The van der Waals surface area contributed by atoms with E-state index in [1.807, 2.05) is 6.92 Å². The smallest absolute Gasteiger partial charge is 0.214 e. The molecule has 4 nitrogen and oxygen atoms in total. The van der Waals surface area contributed by atoms with Gasteiger partial charge in [0.1, 0.15) is 0 Å². The van der Waals surface area contributed by atoms with Gasteiger partial charge >= 0.3 is 0 Å². The number of nitrogens with zero attached hydrogens (tertiary/aromatic N) is 1. The molecule has 1 atom stereocenters. The molecule has 0 amide bonds. The van der Waals surface area contributed by atoms with Gasteiger partial charge in [0, 0.05) is 0 Å². The second-order valence-electron chi connectivity index (χ2n) is 4.63. The van der Waals surface area contributed by atoms with Crippen LogP contribution in [-0.2, 0) is 10.0 Å². The largest absolute Gasteiger partial charge is 0.303 e. The number of hydrogen-bond acceptors (Lipinski definition) is 3. The van der Waals surface area contributed by atoms with Crippen LogP contribution in [0.4, 0.5) is 0 Å². The highest BCUT2D eigenvalue weighted by molar-refractivity contribution is 7.90. The van der Waals surface area contributed by atoms with Gasteiger partial charge in [-0.2, -0.15) is 0 Å². The van der Waals surface area contributed by atoms with Crippen molar-refractivity contribution in [1.82, 2.24) is 9.62 Å². The third-order valence-corrected chi connectivity index (χ3v) is 5.54. The Morgan fingerprint density at radius 1 is 1.38 bits per heavy atom. The fourth-order valence-corrected chi connectivity index (χ4v) is 3.55. The summed E-state index contributed by atoms with van der Waals surface area (Å²) in [5, 5.41) is -0.263. The summed E-state index contributed by atoms with van der Waals surface area (Å²) in [5.41, 5.74) is 0. The molecular formula is C11H24N2O2S. The topological polar surface area (TPSA) is 49.4 Å². The van der Waals surface area contributed by atoms with Crippen molar-refractivity contribution in [2.75, 3.05) is 26.7 Å². The maximum Gasteiger partial charge on any atom is 0.214 e. The van der Waals surface area contributed by atoms with E-state index in [0.717, 1.165) is 32.5 Å². The molecule has 96 valence electrons. The highest BCUT2D eigenvalue weighted by atomic mass is 32.2. The Balaban J connectivity index is 2.48. The molecular weight excluding hydrogens is 224 g/mol. The molecule has 0 aromatic heterocycles. The fraction of sp³-hybridized carbons (Fsp3) is 1.00. The monoisotopic (exact) mass is 248 g/mol. The number of likely N-dealkylation sites (tertiary alicyclic amines) is 1. The molecule has 1 aliphatic heterocycles. The van der Waals surface area contributed by atoms with Gasteiger partial charge in [-0.25, -0.2) is 13.1 Å². The molecule has 1 unspecified atom stereocenters. The second kappa shape index (κ2) is 5.98. The van der Waals surface area contributed by atoms with Gasteiger partial charge in [-0.15, -0.1) is 0 Å². The van der Waals surface area contributed by atoms with Gasteiger partial charge in [-0.3, -0.25) is 0 Å². The van der Waals surface area contributed by atoms with Gasteiger partial charge in [-0.05, 0) is 58.8 Å². The average molecular weight is 248 g/mol. The van der Waals surface area contributed by atoms with Gasteiger partial charge in [0.25, 0.3) is 0 Å². The maximum atomic E-state index is 11.7. The van der Waals surface area contributed by atoms with Crippen molar-refractivity contribution in [2.45, 2.75) is 38.4 Å². The predicted molar refractivity (Wildman–Crippen MR) is 66.9 cm³/mol. The lowest BCUT2D eigenvalue weighted by Crippen LogP contribution is -2.42. The van der Waals surface area contributed by atoms with Crippen LogP contribution in [0.25, 0.3) is 0 Å². The van der Waals surface area contributed by atoms with Gasteiger partial charge in [-0.1, -0.05) is 6.92 Å². The fourth-order valence-electron chi connectivity index (χ4n) is 2.40. The van der Waals surface area contributed by atoms with Crippen molar-refractivity contribution in [1.29, 1.82) is 0 Å². The first-order valence-corrected chi connectivity index (χ1v) is 7.70. The van der Waals surface area contributed by atoms with Crippen molar-refractivity contribution >= 4 is 10.0 Å². The average Bonchev–Trinajstić information content (AvgIpc) is 2.29. The van der Waals surface area contributed by atoms with E-state index in [0.29, 0.717) is 5.92 Å². The Labute approximate surface area is 99.5 Å². The Morgan fingerprint density at radius 3 is 2.38 bits per heavy atom. The van der Waals surface area contributed by atoms with Gasteiger partial charge in [0.15, 0.2) is 0 Å². The van der Waals surface area contributed by atoms with Crippen LogP contribution < -0.4 is 4.72 Å². The first-order valence-electron chi connectivity index (χ1n) is 6.16. The van der Waals surface area contributed by atoms with Crippen LogP contribution in [0.15, 0.2) is 0 Å². The highest BCUT2D eigenvalue weighted by Crippen LogP contribution is 2.24. The minimum atomic E-state index is -3.10. The van der Waals surface area contributed by atoms with E-state index in [1.165, 1.54) is 13.5 Å². The molecule has 0 aromatic carbocycles. The van der Waals surface area contributed by atoms with Crippen LogP contribution in [0.1, 0.15) is 33.1 Å². The standard InChI is InChI=1S/C11H24N2O2S/c1-4-7-13-8-5-11(6-9-13)10(2)16(14,15)12-3/h10-12H,4-9H2,1-3H3. The van der Waals surface area contributed by atoms with Crippen LogP contribution in [0.5, 0.6) is 0 Å². The van der Waals surface area contributed by atoms with E-state index in [-0.39, 0.29) is 5.25 Å². The van der Waals surface area contributed by atoms with Crippen molar-refractivity contribution < 1.29 is 8.42 Å². The van der Waals surface area contributed by atoms with Crippen LogP contribution in [0.2, 0.25) is 0 Å². The molecule has 1 fully saturated rings. The molecule has 0 aliphatic carbocycles. The van der Waals surface area contributed by atoms with E-state index in [2.05, 4.69) is 16.5 Å². The van der Waals surface area contributed by atoms with Crippen molar-refractivity contribution in [3.05, 3.63) is 0 Å². The summed E-state index contributed by atoms with van der Waals surface area (Å²) in [6, 6.07) is 0. The van der Waals surface area contributed by atoms with Crippen LogP contribution in [-0.4, -0.2) is 45.2 Å². The molecule has 1 N–H and O–H groups in total. The summed E-state index contributed by atoms with van der Waals surface area (Å²) in [4.78, 5) is 2.43. The van der Waals surface area contributed by atoms with Crippen molar-refractivity contribution in [3.8, 4) is 0 Å². The Bertz CT molecular complexity index is 295. The molecule has 0 spiro atoms.